The van der Waals surface area contributed by atoms with Gasteiger partial charge in [0.2, 0.25) is 0 Å². The van der Waals surface area contributed by atoms with Crippen LogP contribution in [0.5, 0.6) is 0 Å². The summed E-state index contributed by atoms with van der Waals surface area (Å²) in [5, 5.41) is 15.4. The summed E-state index contributed by atoms with van der Waals surface area (Å²) >= 11 is 1.66. The van der Waals surface area contributed by atoms with Gasteiger partial charge in [-0.25, -0.2) is 9.98 Å². The molecule has 0 spiro atoms. The second-order valence-electron chi connectivity index (χ2n) is 5.20. The average molecular weight is 455 g/mol. The molecule has 24 heavy (non-hydrogen) atoms. The van der Waals surface area contributed by atoms with Crippen molar-refractivity contribution in [3.05, 3.63) is 51.5 Å². The number of hydrogen-bond acceptors (Lipinski definition) is 4. The standard InChI is InChI=1S/C17H21N5S.HI/c1-4-19-17(22(3)11-16-12-23-13(2)21-16)20-10-15-7-5-6-14(8-15)9-18;/h5-8,12H,4,10-11H2,1-3H3,(H,19,20);1H. The summed E-state index contributed by atoms with van der Waals surface area (Å²) in [5.74, 6) is 0.834. The van der Waals surface area contributed by atoms with Gasteiger partial charge < -0.3 is 10.2 Å². The molecule has 5 nitrogen and oxygen atoms in total. The van der Waals surface area contributed by atoms with Gasteiger partial charge in [0.1, 0.15) is 0 Å². The Hall–Kier alpha value is -1.66. The van der Waals surface area contributed by atoms with Crippen LogP contribution in [0.2, 0.25) is 0 Å². The fourth-order valence-electron chi connectivity index (χ4n) is 2.17. The van der Waals surface area contributed by atoms with Crippen molar-refractivity contribution in [3.63, 3.8) is 0 Å². The van der Waals surface area contributed by atoms with Gasteiger partial charge in [-0.15, -0.1) is 35.3 Å². The van der Waals surface area contributed by atoms with Crippen molar-refractivity contribution in [1.82, 2.24) is 15.2 Å². The van der Waals surface area contributed by atoms with E-state index in [1.54, 1.807) is 17.4 Å². The van der Waals surface area contributed by atoms with Crippen LogP contribution < -0.4 is 5.32 Å². The number of aliphatic imine (C=N–C) groups is 1. The van der Waals surface area contributed by atoms with E-state index in [2.05, 4.69) is 31.6 Å². The maximum atomic E-state index is 8.97. The molecule has 128 valence electrons. The highest BCUT2D eigenvalue weighted by Gasteiger charge is 2.08. The van der Waals surface area contributed by atoms with Crippen LogP contribution in [0, 0.1) is 18.3 Å². The quantitative estimate of drug-likeness (QED) is 0.426. The monoisotopic (exact) mass is 455 g/mol. The van der Waals surface area contributed by atoms with Gasteiger partial charge in [0.15, 0.2) is 5.96 Å². The molecule has 0 radical (unpaired) electrons. The van der Waals surface area contributed by atoms with Crippen molar-refractivity contribution in [2.24, 2.45) is 4.99 Å². The fraction of sp³-hybridized carbons (Fsp3) is 0.353. The van der Waals surface area contributed by atoms with Crippen LogP contribution in [0.1, 0.15) is 28.8 Å². The number of aromatic nitrogens is 1. The number of benzene rings is 1. The molecular formula is C17H22IN5S. The van der Waals surface area contributed by atoms with Crippen molar-refractivity contribution >= 4 is 41.3 Å². The molecule has 0 aliphatic rings. The molecular weight excluding hydrogens is 433 g/mol. The first-order valence-corrected chi connectivity index (χ1v) is 8.39. The minimum atomic E-state index is 0. The van der Waals surface area contributed by atoms with Crippen LogP contribution in [0.3, 0.4) is 0 Å². The molecule has 0 bridgehead atoms. The molecule has 1 aromatic carbocycles. The van der Waals surface area contributed by atoms with E-state index < -0.39 is 0 Å². The van der Waals surface area contributed by atoms with Gasteiger partial charge in [0.25, 0.3) is 0 Å². The summed E-state index contributed by atoms with van der Waals surface area (Å²) in [5.41, 5.74) is 2.73. The number of aryl methyl sites for hydroxylation is 1. The average Bonchev–Trinajstić information content (AvgIpc) is 2.96. The molecule has 0 saturated carbocycles. The van der Waals surface area contributed by atoms with E-state index in [0.717, 1.165) is 28.8 Å². The van der Waals surface area contributed by atoms with Crippen molar-refractivity contribution < 1.29 is 0 Å². The molecule has 1 aromatic heterocycles. The molecule has 0 aliphatic heterocycles. The third-order valence-electron chi connectivity index (χ3n) is 3.23. The fourth-order valence-corrected chi connectivity index (χ4v) is 2.78. The second-order valence-corrected chi connectivity index (χ2v) is 6.26. The summed E-state index contributed by atoms with van der Waals surface area (Å²) in [6.07, 6.45) is 0. The van der Waals surface area contributed by atoms with Crippen molar-refractivity contribution in [2.75, 3.05) is 13.6 Å². The lowest BCUT2D eigenvalue weighted by Gasteiger charge is -2.21. The van der Waals surface area contributed by atoms with E-state index in [1.165, 1.54) is 0 Å². The normalized spacial score (nSPS) is 10.7. The van der Waals surface area contributed by atoms with Gasteiger partial charge in [-0.2, -0.15) is 5.26 Å². The lowest BCUT2D eigenvalue weighted by molar-refractivity contribution is 0.471. The molecule has 0 aliphatic carbocycles. The Balaban J connectivity index is 0.00000288. The number of rotatable bonds is 5. The van der Waals surface area contributed by atoms with Gasteiger partial charge in [0, 0.05) is 19.0 Å². The topological polar surface area (TPSA) is 64.3 Å². The minimum Gasteiger partial charge on any atom is -0.357 e. The molecule has 1 N–H and O–H groups in total. The predicted molar refractivity (Wildman–Crippen MR) is 110 cm³/mol. The van der Waals surface area contributed by atoms with Gasteiger partial charge in [-0.1, -0.05) is 12.1 Å². The Morgan fingerprint density at radius 1 is 1.46 bits per heavy atom. The minimum absolute atomic E-state index is 0. The van der Waals surface area contributed by atoms with E-state index in [1.807, 2.05) is 39.1 Å². The Bertz CT molecular complexity index is 720. The Morgan fingerprint density at radius 3 is 2.88 bits per heavy atom. The lowest BCUT2D eigenvalue weighted by atomic mass is 10.1. The van der Waals surface area contributed by atoms with E-state index >= 15 is 0 Å². The summed E-state index contributed by atoms with van der Waals surface area (Å²) in [7, 11) is 2.00. The number of thiazole rings is 1. The molecule has 0 atom stereocenters. The van der Waals surface area contributed by atoms with Crippen LogP contribution in [-0.4, -0.2) is 29.4 Å². The van der Waals surface area contributed by atoms with Crippen LogP contribution in [0.4, 0.5) is 0 Å². The van der Waals surface area contributed by atoms with Gasteiger partial charge in [-0.05, 0) is 31.5 Å². The molecule has 2 aromatic rings. The van der Waals surface area contributed by atoms with Crippen LogP contribution in [-0.2, 0) is 13.1 Å². The van der Waals surface area contributed by atoms with E-state index in [-0.39, 0.29) is 24.0 Å². The van der Waals surface area contributed by atoms with Gasteiger partial charge in [0.05, 0.1) is 35.4 Å². The summed E-state index contributed by atoms with van der Waals surface area (Å²) in [6, 6.07) is 9.70. The maximum Gasteiger partial charge on any atom is 0.194 e. The third-order valence-corrected chi connectivity index (χ3v) is 4.05. The highest BCUT2D eigenvalue weighted by atomic mass is 127. The summed E-state index contributed by atoms with van der Waals surface area (Å²) < 4.78 is 0. The largest absolute Gasteiger partial charge is 0.357 e. The number of hydrogen-bond donors (Lipinski definition) is 1. The molecule has 0 fully saturated rings. The number of halogens is 1. The smallest absolute Gasteiger partial charge is 0.194 e. The number of nitrogens with one attached hydrogen (secondary N) is 1. The molecule has 7 heteroatoms. The predicted octanol–water partition coefficient (Wildman–Crippen LogP) is 3.54. The first kappa shape index (κ1) is 20.4. The molecule has 0 unspecified atom stereocenters. The highest BCUT2D eigenvalue weighted by molar-refractivity contribution is 14.0. The Labute approximate surface area is 164 Å². The van der Waals surface area contributed by atoms with Crippen molar-refractivity contribution in [1.29, 1.82) is 5.26 Å². The first-order chi connectivity index (χ1) is 11.1. The molecule has 0 saturated heterocycles. The second kappa shape index (κ2) is 10.3. The summed E-state index contributed by atoms with van der Waals surface area (Å²) in [6.45, 7) is 6.12. The number of nitriles is 1. The molecule has 1 heterocycles. The Kier molecular flexibility index (Phi) is 8.71. The third kappa shape index (κ3) is 6.09. The molecule has 0 amide bonds. The zero-order chi connectivity index (χ0) is 16.7. The number of nitrogens with zero attached hydrogens (tertiary/aromatic N) is 4. The van der Waals surface area contributed by atoms with Crippen LogP contribution in [0.25, 0.3) is 0 Å². The zero-order valence-corrected chi connectivity index (χ0v) is 17.3. The van der Waals surface area contributed by atoms with E-state index in [4.69, 9.17) is 5.26 Å². The van der Waals surface area contributed by atoms with Crippen molar-refractivity contribution in [2.45, 2.75) is 26.9 Å². The first-order valence-electron chi connectivity index (χ1n) is 7.52. The lowest BCUT2D eigenvalue weighted by Crippen LogP contribution is -2.38. The Morgan fingerprint density at radius 2 is 2.25 bits per heavy atom. The van der Waals surface area contributed by atoms with Gasteiger partial charge >= 0.3 is 0 Å². The molecule has 2 rings (SSSR count). The SMILES string of the molecule is CCNC(=NCc1cccc(C#N)c1)N(C)Cc1csc(C)n1.I. The van der Waals surface area contributed by atoms with E-state index in [0.29, 0.717) is 18.7 Å². The maximum absolute atomic E-state index is 8.97. The summed E-state index contributed by atoms with van der Waals surface area (Å²) in [4.78, 5) is 11.2. The van der Waals surface area contributed by atoms with E-state index in [9.17, 15) is 0 Å². The van der Waals surface area contributed by atoms with Crippen molar-refractivity contribution in [3.8, 4) is 6.07 Å². The number of guanidine groups is 1. The highest BCUT2D eigenvalue weighted by Crippen LogP contribution is 2.10. The van der Waals surface area contributed by atoms with Crippen LogP contribution >= 0.6 is 35.3 Å². The van der Waals surface area contributed by atoms with Crippen LogP contribution in [0.15, 0.2) is 34.6 Å². The van der Waals surface area contributed by atoms with Gasteiger partial charge in [-0.3, -0.25) is 0 Å². The zero-order valence-electron chi connectivity index (χ0n) is 14.1.